The maximum atomic E-state index is 13.1. The average Bonchev–Trinajstić information content (AvgIpc) is 3.22. The van der Waals surface area contributed by atoms with Crippen molar-refractivity contribution >= 4 is 5.91 Å². The highest BCUT2D eigenvalue weighted by molar-refractivity contribution is 5.78. The third-order valence-electron chi connectivity index (χ3n) is 5.02. The summed E-state index contributed by atoms with van der Waals surface area (Å²) in [6.07, 6.45) is 5.23. The quantitative estimate of drug-likeness (QED) is 0.691. The summed E-state index contributed by atoms with van der Waals surface area (Å²) in [5.74, 6) is 0.610. The van der Waals surface area contributed by atoms with Crippen molar-refractivity contribution in [1.29, 1.82) is 0 Å². The van der Waals surface area contributed by atoms with Crippen molar-refractivity contribution in [2.24, 2.45) is 5.92 Å². The molecule has 8 heteroatoms. The summed E-state index contributed by atoms with van der Waals surface area (Å²) in [6.45, 7) is 2.52. The first-order valence-electron chi connectivity index (χ1n) is 9.65. The van der Waals surface area contributed by atoms with Crippen LogP contribution >= 0.6 is 0 Å². The van der Waals surface area contributed by atoms with Crippen molar-refractivity contribution in [3.63, 3.8) is 0 Å². The van der Waals surface area contributed by atoms with Crippen LogP contribution in [0.3, 0.4) is 0 Å². The molecule has 0 spiro atoms. The third kappa shape index (κ3) is 5.03. The Morgan fingerprint density at radius 1 is 1.21 bits per heavy atom. The molecule has 1 fully saturated rings. The zero-order valence-electron chi connectivity index (χ0n) is 15.9. The normalized spacial score (nSPS) is 17.2. The van der Waals surface area contributed by atoms with E-state index in [1.807, 2.05) is 12.1 Å². The summed E-state index contributed by atoms with van der Waals surface area (Å²) >= 11 is 0. The fraction of sp³-hybridized carbons (Fsp3) is 0.333. The summed E-state index contributed by atoms with van der Waals surface area (Å²) in [5, 5.41) is 6.99. The van der Waals surface area contributed by atoms with Gasteiger partial charge in [-0.15, -0.1) is 0 Å². The van der Waals surface area contributed by atoms with E-state index in [4.69, 9.17) is 4.52 Å². The number of pyridine rings is 1. The summed E-state index contributed by atoms with van der Waals surface area (Å²) in [5.41, 5.74) is 1.73. The Bertz CT molecular complexity index is 945. The highest BCUT2D eigenvalue weighted by Gasteiger charge is 2.26. The van der Waals surface area contributed by atoms with Gasteiger partial charge in [-0.1, -0.05) is 5.16 Å². The molecular weight excluding hydrogens is 373 g/mol. The minimum absolute atomic E-state index is 0.0593. The third-order valence-corrected chi connectivity index (χ3v) is 5.02. The van der Waals surface area contributed by atoms with Crippen LogP contribution in [0.4, 0.5) is 4.39 Å². The van der Waals surface area contributed by atoms with Gasteiger partial charge in [0, 0.05) is 31.0 Å². The van der Waals surface area contributed by atoms with Crippen LogP contribution < -0.4 is 5.32 Å². The smallest absolute Gasteiger partial charge is 0.241 e. The number of piperidine rings is 1. The number of rotatable bonds is 6. The minimum atomic E-state index is -0.306. The van der Waals surface area contributed by atoms with Gasteiger partial charge < -0.3 is 9.84 Å². The predicted molar refractivity (Wildman–Crippen MR) is 104 cm³/mol. The summed E-state index contributed by atoms with van der Waals surface area (Å²) in [4.78, 5) is 23.1. The Morgan fingerprint density at radius 3 is 2.79 bits per heavy atom. The van der Waals surface area contributed by atoms with Crippen molar-refractivity contribution in [3.8, 4) is 11.4 Å². The molecule has 2 aromatic heterocycles. The molecule has 0 bridgehead atoms. The number of hydrogen-bond acceptors (Lipinski definition) is 6. The molecular formula is C21H22FN5O2. The van der Waals surface area contributed by atoms with E-state index in [1.165, 1.54) is 12.1 Å². The van der Waals surface area contributed by atoms with Crippen molar-refractivity contribution < 1.29 is 13.7 Å². The number of nitrogens with one attached hydrogen (secondary N) is 1. The number of likely N-dealkylation sites (tertiary alicyclic amines) is 1. The van der Waals surface area contributed by atoms with Crippen LogP contribution in [-0.4, -0.2) is 39.0 Å². The first-order valence-corrected chi connectivity index (χ1v) is 9.65. The zero-order valence-corrected chi connectivity index (χ0v) is 15.9. The molecule has 29 heavy (non-hydrogen) atoms. The fourth-order valence-corrected chi connectivity index (χ4v) is 3.47. The molecule has 1 aliphatic rings. The molecule has 1 saturated heterocycles. The number of nitrogens with zero attached hydrogens (tertiary/aromatic N) is 4. The lowest BCUT2D eigenvalue weighted by molar-refractivity contribution is -0.127. The van der Waals surface area contributed by atoms with E-state index in [0.717, 1.165) is 24.9 Å². The van der Waals surface area contributed by atoms with Gasteiger partial charge in [-0.3, -0.25) is 14.7 Å². The van der Waals surface area contributed by atoms with E-state index in [9.17, 15) is 9.18 Å². The lowest BCUT2D eigenvalue weighted by atomic mass is 9.97. The Kier molecular flexibility index (Phi) is 5.90. The van der Waals surface area contributed by atoms with Crippen LogP contribution in [0, 0.1) is 11.7 Å². The summed E-state index contributed by atoms with van der Waals surface area (Å²) in [7, 11) is 0. The molecule has 150 valence electrons. The number of carbonyl (C=O) groups is 1. The second kappa shape index (κ2) is 8.91. The zero-order chi connectivity index (χ0) is 20.1. The molecule has 1 atom stereocenters. The van der Waals surface area contributed by atoms with Crippen molar-refractivity contribution in [1.82, 2.24) is 25.3 Å². The fourth-order valence-electron chi connectivity index (χ4n) is 3.47. The topological polar surface area (TPSA) is 84.2 Å². The molecule has 1 unspecified atom stereocenters. The second-order valence-corrected chi connectivity index (χ2v) is 7.17. The van der Waals surface area contributed by atoms with E-state index in [-0.39, 0.29) is 17.6 Å². The van der Waals surface area contributed by atoms with E-state index < -0.39 is 0 Å². The molecule has 1 amide bonds. The maximum Gasteiger partial charge on any atom is 0.241 e. The van der Waals surface area contributed by atoms with Gasteiger partial charge in [-0.2, -0.15) is 4.98 Å². The Balaban J connectivity index is 1.32. The summed E-state index contributed by atoms with van der Waals surface area (Å²) in [6, 6.07) is 9.75. The molecule has 7 nitrogen and oxygen atoms in total. The lowest BCUT2D eigenvalue weighted by Gasteiger charge is -2.30. The van der Waals surface area contributed by atoms with E-state index in [1.54, 1.807) is 24.5 Å². The predicted octanol–water partition coefficient (Wildman–Crippen LogP) is 2.80. The Hall–Kier alpha value is -3.13. The van der Waals surface area contributed by atoms with Crippen molar-refractivity contribution in [2.45, 2.75) is 25.9 Å². The molecule has 0 radical (unpaired) electrons. The number of hydrogen-bond donors (Lipinski definition) is 1. The van der Waals surface area contributed by atoms with Gasteiger partial charge >= 0.3 is 0 Å². The Morgan fingerprint density at radius 2 is 2.00 bits per heavy atom. The monoisotopic (exact) mass is 395 g/mol. The van der Waals surface area contributed by atoms with Gasteiger partial charge in [0.15, 0.2) is 0 Å². The highest BCUT2D eigenvalue weighted by Crippen LogP contribution is 2.20. The molecule has 0 saturated carbocycles. The van der Waals surface area contributed by atoms with Gasteiger partial charge in [0.2, 0.25) is 17.6 Å². The lowest BCUT2D eigenvalue weighted by Crippen LogP contribution is -2.42. The van der Waals surface area contributed by atoms with Crippen LogP contribution in [0.5, 0.6) is 0 Å². The number of carbonyl (C=O) groups excluding carboxylic acids is 1. The number of aromatic nitrogens is 3. The molecule has 4 rings (SSSR count). The van der Waals surface area contributed by atoms with Crippen molar-refractivity contribution in [2.75, 3.05) is 13.1 Å². The van der Waals surface area contributed by atoms with Gasteiger partial charge in [-0.25, -0.2) is 4.39 Å². The van der Waals surface area contributed by atoms with Gasteiger partial charge in [0.05, 0.1) is 12.5 Å². The number of benzene rings is 1. The molecule has 1 aliphatic heterocycles. The number of amides is 1. The molecule has 3 aromatic rings. The SMILES string of the molecule is O=C(NCc1ccncc1)C1CCCN(Cc2nc(-c3ccc(F)cc3)no2)C1. The minimum Gasteiger partial charge on any atom is -0.352 e. The molecule has 0 aliphatic carbocycles. The molecule has 1 N–H and O–H groups in total. The summed E-state index contributed by atoms with van der Waals surface area (Å²) < 4.78 is 18.4. The van der Waals surface area contributed by atoms with Gasteiger partial charge in [0.25, 0.3) is 0 Å². The van der Waals surface area contributed by atoms with Crippen LogP contribution in [-0.2, 0) is 17.9 Å². The van der Waals surface area contributed by atoms with Crippen LogP contribution in [0.2, 0.25) is 0 Å². The van der Waals surface area contributed by atoms with Crippen molar-refractivity contribution in [3.05, 3.63) is 66.1 Å². The van der Waals surface area contributed by atoms with Crippen LogP contribution in [0.15, 0.2) is 53.3 Å². The molecule has 1 aromatic carbocycles. The van der Waals surface area contributed by atoms with Crippen LogP contribution in [0.25, 0.3) is 11.4 Å². The number of halogens is 1. The van der Waals surface area contributed by atoms with Gasteiger partial charge in [0.1, 0.15) is 5.82 Å². The first kappa shape index (κ1) is 19.2. The largest absolute Gasteiger partial charge is 0.352 e. The van der Waals surface area contributed by atoms with E-state index >= 15 is 0 Å². The average molecular weight is 395 g/mol. The maximum absolute atomic E-state index is 13.1. The van der Waals surface area contributed by atoms with Crippen LogP contribution in [0.1, 0.15) is 24.3 Å². The second-order valence-electron chi connectivity index (χ2n) is 7.17. The first-order chi connectivity index (χ1) is 14.2. The standard InChI is InChI=1S/C21H22FN5O2/c22-18-5-3-16(4-6-18)20-25-19(29-26-20)14-27-11-1-2-17(13-27)21(28)24-12-15-7-9-23-10-8-15/h3-10,17H,1-2,11-14H2,(H,24,28). The van der Waals surface area contributed by atoms with E-state index in [2.05, 4.69) is 25.3 Å². The Labute approximate surface area is 168 Å². The van der Waals surface area contributed by atoms with Gasteiger partial charge in [-0.05, 0) is 61.3 Å². The highest BCUT2D eigenvalue weighted by atomic mass is 19.1. The van der Waals surface area contributed by atoms with E-state index in [0.29, 0.717) is 36.9 Å². The molecule has 3 heterocycles.